The van der Waals surface area contributed by atoms with Crippen LogP contribution in [0.25, 0.3) is 80.7 Å². The molecule has 7 aromatic carbocycles. The molecule has 0 saturated carbocycles. The van der Waals surface area contributed by atoms with Crippen molar-refractivity contribution in [2.75, 3.05) is 0 Å². The highest BCUT2D eigenvalue weighted by Gasteiger charge is 2.36. The number of benzene rings is 7. The number of hydrogen-bond acceptors (Lipinski definition) is 2. The maximum Gasteiger partial charge on any atom is 0.101 e. The van der Waals surface area contributed by atoms with Crippen LogP contribution in [0, 0.1) is 0 Å². The quantitative estimate of drug-likeness (QED) is 0.137. The van der Waals surface area contributed by atoms with Gasteiger partial charge in [-0.15, -0.1) is 16.4 Å². The molecule has 2 aromatic heterocycles. The molecule has 0 aliphatic heterocycles. The average molecular weight is 630 g/mol. The lowest BCUT2D eigenvalue weighted by atomic mass is 9.23. The Bertz CT molecular complexity index is 2700. The van der Waals surface area contributed by atoms with Crippen molar-refractivity contribution in [1.82, 2.24) is 9.55 Å². The molecule has 0 saturated heterocycles. The molecular formula is C41H23B5N2S. The van der Waals surface area contributed by atoms with Crippen molar-refractivity contribution in [3.05, 3.63) is 145 Å². The van der Waals surface area contributed by atoms with E-state index in [1.165, 1.54) is 42.1 Å². The smallest absolute Gasteiger partial charge is 0.101 e. The summed E-state index contributed by atoms with van der Waals surface area (Å²) in [6.07, 6.45) is 0. The topological polar surface area (TPSA) is 17.8 Å². The van der Waals surface area contributed by atoms with Gasteiger partial charge in [0.1, 0.15) is 5.82 Å². The van der Waals surface area contributed by atoms with Gasteiger partial charge >= 0.3 is 0 Å². The maximum atomic E-state index is 6.57. The molecule has 9 rings (SSSR count). The van der Waals surface area contributed by atoms with E-state index >= 15 is 0 Å². The highest BCUT2D eigenvalue weighted by molar-refractivity contribution is 7.25. The molecule has 0 aliphatic rings. The van der Waals surface area contributed by atoms with E-state index in [-0.39, 0.29) is 5.82 Å². The molecule has 49 heavy (non-hydrogen) atoms. The summed E-state index contributed by atoms with van der Waals surface area (Å²) >= 11 is 1.83. The Balaban J connectivity index is 1.31. The van der Waals surface area contributed by atoms with Crippen LogP contribution in [0.4, 0.5) is 0 Å². The van der Waals surface area contributed by atoms with Crippen molar-refractivity contribution in [3.8, 4) is 27.9 Å². The van der Waals surface area contributed by atoms with Gasteiger partial charge in [-0.3, -0.25) is 4.57 Å². The molecule has 218 valence electrons. The molecule has 2 heterocycles. The predicted octanol–water partition coefficient (Wildman–Crippen LogP) is 9.10. The van der Waals surface area contributed by atoms with Crippen molar-refractivity contribution >= 4 is 103 Å². The SMILES string of the molecule is [B]C([B])([B])C([B])([B])c1nc2ccccc2n1-c1cccc(-c2c3ccccc3c(-c3ccc4sc5ccccc5c4c3)c3ccccc23)c1. The zero-order valence-corrected chi connectivity index (χ0v) is 27.3. The highest BCUT2D eigenvalue weighted by Crippen LogP contribution is 2.46. The standard InChI is InChI=1S/C41H23B5N2S/c42-40(43,41(44,45)46)39-47-33-17-6-7-18-34(33)48(39)26-11-9-10-24(22-26)37-28-13-1-3-15-30(28)38(31-16-4-2-14-29(31)37)25-20-21-36-32(23-25)27-12-5-8-19-35(27)49-36/h1-23H. The van der Waals surface area contributed by atoms with Gasteiger partial charge < -0.3 is 0 Å². The van der Waals surface area contributed by atoms with Gasteiger partial charge in [-0.25, -0.2) is 4.98 Å². The number of imidazole rings is 1. The van der Waals surface area contributed by atoms with Gasteiger partial charge in [-0.2, -0.15) is 0 Å². The molecular weight excluding hydrogens is 607 g/mol. The first kappa shape index (κ1) is 30.2. The first-order chi connectivity index (χ1) is 23.7. The summed E-state index contributed by atoms with van der Waals surface area (Å²) in [7, 11) is 31.5. The number of aromatic nitrogens is 2. The first-order valence-electron chi connectivity index (χ1n) is 16.1. The summed E-state index contributed by atoms with van der Waals surface area (Å²) in [5.41, 5.74) is 6.86. The summed E-state index contributed by atoms with van der Waals surface area (Å²) in [6, 6.07) is 48.8. The minimum atomic E-state index is -1.94. The molecule has 8 heteroatoms. The fraction of sp³-hybridized carbons (Fsp3) is 0.0488. The number of rotatable bonds is 5. The molecule has 0 N–H and O–H groups in total. The van der Waals surface area contributed by atoms with Gasteiger partial charge in [0, 0.05) is 25.9 Å². The second-order valence-corrected chi connectivity index (χ2v) is 13.8. The third-order valence-corrected chi connectivity index (χ3v) is 10.8. The van der Waals surface area contributed by atoms with Crippen LogP contribution < -0.4 is 0 Å². The van der Waals surface area contributed by atoms with Crippen molar-refractivity contribution in [1.29, 1.82) is 0 Å². The molecule has 0 unspecified atom stereocenters. The summed E-state index contributed by atoms with van der Waals surface area (Å²) in [5, 5.41) is 3.43. The van der Waals surface area contributed by atoms with Gasteiger partial charge in [0.15, 0.2) is 0 Å². The number of para-hydroxylation sites is 2. The Morgan fingerprint density at radius 2 is 1.04 bits per heavy atom. The maximum absolute atomic E-state index is 6.57. The van der Waals surface area contributed by atoms with E-state index in [4.69, 9.17) is 44.2 Å². The van der Waals surface area contributed by atoms with Gasteiger partial charge in [0.05, 0.1) is 50.3 Å². The monoisotopic (exact) mass is 630 g/mol. The largest absolute Gasteiger partial charge is 0.297 e. The van der Waals surface area contributed by atoms with Gasteiger partial charge in [0.2, 0.25) is 0 Å². The van der Waals surface area contributed by atoms with Crippen LogP contribution in [-0.2, 0) is 5.21 Å². The van der Waals surface area contributed by atoms with E-state index in [1.54, 1.807) is 0 Å². The normalized spacial score (nSPS) is 12.5. The molecule has 10 radical (unpaired) electrons. The fourth-order valence-electron chi connectivity index (χ4n) is 7.19. The highest BCUT2D eigenvalue weighted by atomic mass is 32.1. The van der Waals surface area contributed by atoms with Crippen LogP contribution in [0.15, 0.2) is 140 Å². The number of nitrogens with zero attached hydrogens (tertiary/aromatic N) is 2. The van der Waals surface area contributed by atoms with E-state index in [0.29, 0.717) is 5.52 Å². The minimum absolute atomic E-state index is 0.264. The summed E-state index contributed by atoms with van der Waals surface area (Å²) in [6.45, 7) is 0. The molecule has 9 aromatic rings. The summed E-state index contributed by atoms with van der Waals surface area (Å²) in [4.78, 5) is 4.78. The van der Waals surface area contributed by atoms with Crippen LogP contribution in [0.3, 0.4) is 0 Å². The zero-order valence-electron chi connectivity index (χ0n) is 26.5. The third kappa shape index (κ3) is 4.65. The van der Waals surface area contributed by atoms with Crippen molar-refractivity contribution < 1.29 is 0 Å². The van der Waals surface area contributed by atoms with Gasteiger partial charge in [-0.05, 0) is 86.3 Å². The molecule has 0 spiro atoms. The van der Waals surface area contributed by atoms with E-state index < -0.39 is 10.3 Å². The Kier molecular flexibility index (Phi) is 6.80. The summed E-state index contributed by atoms with van der Waals surface area (Å²) < 4.78 is 4.48. The van der Waals surface area contributed by atoms with Gasteiger partial charge in [0.25, 0.3) is 0 Å². The minimum Gasteiger partial charge on any atom is -0.297 e. The van der Waals surface area contributed by atoms with Crippen LogP contribution in [-0.4, -0.2) is 48.8 Å². The predicted molar refractivity (Wildman–Crippen MR) is 213 cm³/mol. The van der Waals surface area contributed by atoms with Crippen molar-refractivity contribution in [2.24, 2.45) is 0 Å². The second kappa shape index (κ2) is 11.0. The Labute approximate surface area is 295 Å². The number of hydrogen-bond donors (Lipinski definition) is 0. The van der Waals surface area contributed by atoms with Crippen LogP contribution in [0.5, 0.6) is 0 Å². The average Bonchev–Trinajstić information content (AvgIpc) is 3.69. The molecule has 2 nitrogen and oxygen atoms in total. The summed E-state index contributed by atoms with van der Waals surface area (Å²) in [5.74, 6) is 0.264. The number of fused-ring (bicyclic) bond motifs is 6. The van der Waals surface area contributed by atoms with Crippen molar-refractivity contribution in [3.63, 3.8) is 0 Å². The van der Waals surface area contributed by atoms with Crippen molar-refractivity contribution in [2.45, 2.75) is 10.3 Å². The Morgan fingerprint density at radius 3 is 1.69 bits per heavy atom. The van der Waals surface area contributed by atoms with Crippen LogP contribution in [0.1, 0.15) is 5.82 Å². The Morgan fingerprint density at radius 1 is 0.490 bits per heavy atom. The van der Waals surface area contributed by atoms with E-state index in [2.05, 4.69) is 103 Å². The lowest BCUT2D eigenvalue weighted by molar-refractivity contribution is 0.757. The molecule has 0 amide bonds. The zero-order chi connectivity index (χ0) is 33.5. The molecule has 0 aliphatic carbocycles. The molecule has 0 bridgehead atoms. The third-order valence-electron chi connectivity index (χ3n) is 9.64. The van der Waals surface area contributed by atoms with Gasteiger partial charge in [-0.1, -0.05) is 102 Å². The molecule has 0 atom stereocenters. The number of thiophene rings is 1. The first-order valence-corrected chi connectivity index (χ1v) is 16.9. The fourth-order valence-corrected chi connectivity index (χ4v) is 8.28. The lowest BCUT2D eigenvalue weighted by Crippen LogP contribution is -2.45. The van der Waals surface area contributed by atoms with E-state index in [1.807, 2.05) is 52.3 Å². The van der Waals surface area contributed by atoms with E-state index in [9.17, 15) is 0 Å². The Hall–Kier alpha value is -4.93. The van der Waals surface area contributed by atoms with Crippen LogP contribution in [0.2, 0.25) is 5.11 Å². The molecule has 0 fully saturated rings. The van der Waals surface area contributed by atoms with E-state index in [0.717, 1.165) is 33.1 Å². The second-order valence-electron chi connectivity index (χ2n) is 12.8. The lowest BCUT2D eigenvalue weighted by Gasteiger charge is -2.41. The van der Waals surface area contributed by atoms with Crippen LogP contribution >= 0.6 is 11.3 Å².